The third kappa shape index (κ3) is 3.70. The number of carbonyl (C=O) groups is 2. The predicted molar refractivity (Wildman–Crippen MR) is 95.1 cm³/mol. The molecule has 0 atom stereocenters. The first-order valence-electron chi connectivity index (χ1n) is 8.51. The van der Waals surface area contributed by atoms with Crippen molar-refractivity contribution < 1.29 is 19.1 Å². The van der Waals surface area contributed by atoms with Gasteiger partial charge in [-0.15, -0.1) is 0 Å². The van der Waals surface area contributed by atoms with E-state index in [1.165, 1.54) is 11.2 Å². The Labute approximate surface area is 151 Å². The van der Waals surface area contributed by atoms with Crippen molar-refractivity contribution in [1.29, 1.82) is 0 Å². The van der Waals surface area contributed by atoms with Crippen LogP contribution in [0.15, 0.2) is 41.1 Å². The lowest BCUT2D eigenvalue weighted by molar-refractivity contribution is 0.0711. The van der Waals surface area contributed by atoms with Crippen LogP contribution in [-0.2, 0) is 0 Å². The van der Waals surface area contributed by atoms with Gasteiger partial charge in [-0.25, -0.2) is 4.98 Å². The van der Waals surface area contributed by atoms with Crippen LogP contribution in [0, 0.1) is 0 Å². The van der Waals surface area contributed by atoms with Crippen molar-refractivity contribution in [2.45, 2.75) is 0 Å². The summed E-state index contributed by atoms with van der Waals surface area (Å²) in [5.74, 6) is 0.621. The monoisotopic (exact) mass is 358 g/mol. The van der Waals surface area contributed by atoms with E-state index < -0.39 is 0 Å². The largest absolute Gasteiger partial charge is 0.459 e. The predicted octanol–water partition coefficient (Wildman–Crippen LogP) is 0.701. The van der Waals surface area contributed by atoms with E-state index in [9.17, 15) is 9.59 Å². The Kier molecular flexibility index (Phi) is 5.52. The van der Waals surface area contributed by atoms with Gasteiger partial charge in [-0.3, -0.25) is 9.59 Å². The van der Waals surface area contributed by atoms with Gasteiger partial charge in [0.25, 0.3) is 11.8 Å². The normalized spacial score (nSPS) is 14.4. The van der Waals surface area contributed by atoms with E-state index in [2.05, 4.69) is 4.98 Å². The first-order valence-corrected chi connectivity index (χ1v) is 8.51. The Morgan fingerprint density at radius 1 is 1.23 bits per heavy atom. The van der Waals surface area contributed by atoms with Crippen LogP contribution in [0.25, 0.3) is 0 Å². The Balaban J connectivity index is 1.70. The van der Waals surface area contributed by atoms with Gasteiger partial charge in [0, 0.05) is 46.0 Å². The third-order valence-electron chi connectivity index (χ3n) is 4.40. The van der Waals surface area contributed by atoms with Crippen molar-refractivity contribution in [1.82, 2.24) is 14.8 Å². The molecule has 2 aromatic rings. The molecule has 3 heterocycles. The topological polar surface area (TPSA) is 90.1 Å². The van der Waals surface area contributed by atoms with Gasteiger partial charge in [-0.05, 0) is 24.3 Å². The molecule has 138 valence electrons. The Morgan fingerprint density at radius 3 is 2.65 bits per heavy atom. The van der Waals surface area contributed by atoms with Crippen LogP contribution in [0.2, 0.25) is 0 Å². The molecule has 1 fully saturated rings. The molecule has 0 radical (unpaired) electrons. The number of aromatic nitrogens is 1. The molecule has 26 heavy (non-hydrogen) atoms. The minimum Gasteiger partial charge on any atom is -0.459 e. The standard InChI is InChI=1S/C18H22N4O4/c1-20(11-12-23)17(24)14-4-2-6-19-16(14)21-7-9-22(10-8-21)18(25)15-5-3-13-26-15/h2-6,13,23H,7-12H2,1H3. The minimum absolute atomic E-state index is 0.0919. The van der Waals surface area contributed by atoms with E-state index in [4.69, 9.17) is 9.52 Å². The summed E-state index contributed by atoms with van der Waals surface area (Å²) in [5, 5.41) is 9.04. The van der Waals surface area contributed by atoms with E-state index in [1.54, 1.807) is 42.4 Å². The average molecular weight is 358 g/mol. The molecule has 0 saturated carbocycles. The lowest BCUT2D eigenvalue weighted by Crippen LogP contribution is -2.49. The van der Waals surface area contributed by atoms with Gasteiger partial charge in [0.05, 0.1) is 18.4 Å². The highest BCUT2D eigenvalue weighted by Gasteiger charge is 2.27. The molecule has 0 aliphatic carbocycles. The highest BCUT2D eigenvalue weighted by atomic mass is 16.3. The summed E-state index contributed by atoms with van der Waals surface area (Å²) in [4.78, 5) is 34.5. The summed E-state index contributed by atoms with van der Waals surface area (Å²) < 4.78 is 5.17. The molecule has 1 N–H and O–H groups in total. The number of aliphatic hydroxyl groups excluding tert-OH is 1. The number of hydrogen-bond donors (Lipinski definition) is 1. The quantitative estimate of drug-likeness (QED) is 0.846. The van der Waals surface area contributed by atoms with Crippen LogP contribution in [-0.4, -0.2) is 78.1 Å². The number of likely N-dealkylation sites (N-methyl/N-ethyl adjacent to an activating group) is 1. The number of pyridine rings is 1. The first kappa shape index (κ1) is 17.9. The van der Waals surface area contributed by atoms with Gasteiger partial charge in [-0.2, -0.15) is 0 Å². The Bertz CT molecular complexity index is 754. The maximum absolute atomic E-state index is 12.6. The zero-order valence-corrected chi connectivity index (χ0v) is 14.7. The molecule has 2 amide bonds. The second kappa shape index (κ2) is 8.01. The molecular formula is C18H22N4O4. The summed E-state index contributed by atoms with van der Waals surface area (Å²) in [6.45, 7) is 2.37. The fourth-order valence-corrected chi connectivity index (χ4v) is 2.95. The molecule has 2 aromatic heterocycles. The summed E-state index contributed by atoms with van der Waals surface area (Å²) >= 11 is 0. The van der Waals surface area contributed by atoms with Crippen molar-refractivity contribution in [3.05, 3.63) is 48.0 Å². The van der Waals surface area contributed by atoms with Crippen LogP contribution >= 0.6 is 0 Å². The molecule has 0 unspecified atom stereocenters. The number of amides is 2. The van der Waals surface area contributed by atoms with Crippen LogP contribution in [0.4, 0.5) is 5.82 Å². The van der Waals surface area contributed by atoms with Crippen LogP contribution < -0.4 is 4.90 Å². The summed E-state index contributed by atoms with van der Waals surface area (Å²) in [7, 11) is 1.65. The van der Waals surface area contributed by atoms with Crippen LogP contribution in [0.3, 0.4) is 0 Å². The van der Waals surface area contributed by atoms with Gasteiger partial charge in [0.2, 0.25) is 0 Å². The van der Waals surface area contributed by atoms with Gasteiger partial charge in [-0.1, -0.05) is 0 Å². The van der Waals surface area contributed by atoms with Crippen molar-refractivity contribution >= 4 is 17.6 Å². The van der Waals surface area contributed by atoms with Gasteiger partial charge < -0.3 is 24.2 Å². The van der Waals surface area contributed by atoms with Gasteiger partial charge >= 0.3 is 0 Å². The number of nitrogens with zero attached hydrogens (tertiary/aromatic N) is 4. The number of hydrogen-bond acceptors (Lipinski definition) is 6. The summed E-state index contributed by atoms with van der Waals surface area (Å²) in [5.41, 5.74) is 0.495. The van der Waals surface area contributed by atoms with Crippen LogP contribution in [0.5, 0.6) is 0 Å². The number of anilines is 1. The molecule has 1 saturated heterocycles. The maximum atomic E-state index is 12.6. The van der Waals surface area contributed by atoms with Crippen molar-refractivity contribution in [3.8, 4) is 0 Å². The second-order valence-corrected chi connectivity index (χ2v) is 6.08. The minimum atomic E-state index is -0.184. The summed E-state index contributed by atoms with van der Waals surface area (Å²) in [6.07, 6.45) is 3.14. The fourth-order valence-electron chi connectivity index (χ4n) is 2.95. The zero-order chi connectivity index (χ0) is 18.5. The molecule has 8 nitrogen and oxygen atoms in total. The van der Waals surface area contributed by atoms with Gasteiger partial charge in [0.1, 0.15) is 5.82 Å². The maximum Gasteiger partial charge on any atom is 0.289 e. The highest BCUT2D eigenvalue weighted by Crippen LogP contribution is 2.21. The molecule has 8 heteroatoms. The smallest absolute Gasteiger partial charge is 0.289 e. The van der Waals surface area contributed by atoms with E-state index >= 15 is 0 Å². The van der Waals surface area contributed by atoms with Gasteiger partial charge in [0.15, 0.2) is 5.76 Å². The lowest BCUT2D eigenvalue weighted by atomic mass is 10.2. The van der Waals surface area contributed by atoms with Crippen LogP contribution in [0.1, 0.15) is 20.9 Å². The third-order valence-corrected chi connectivity index (χ3v) is 4.40. The highest BCUT2D eigenvalue weighted by molar-refractivity contribution is 5.99. The van der Waals surface area contributed by atoms with E-state index in [-0.39, 0.29) is 25.0 Å². The molecule has 0 bridgehead atoms. The summed E-state index contributed by atoms with van der Waals surface area (Å²) in [6, 6.07) is 6.80. The Hall–Kier alpha value is -2.87. The van der Waals surface area contributed by atoms with Crippen molar-refractivity contribution in [2.24, 2.45) is 0 Å². The van der Waals surface area contributed by atoms with E-state index in [1.807, 2.05) is 4.90 Å². The molecule has 1 aliphatic rings. The second-order valence-electron chi connectivity index (χ2n) is 6.08. The SMILES string of the molecule is CN(CCO)C(=O)c1cccnc1N1CCN(C(=O)c2ccco2)CC1. The molecular weight excluding hydrogens is 336 g/mol. The molecule has 3 rings (SSSR count). The van der Waals surface area contributed by atoms with Crippen molar-refractivity contribution in [2.75, 3.05) is 51.3 Å². The zero-order valence-electron chi connectivity index (χ0n) is 14.7. The molecule has 0 spiro atoms. The number of furan rings is 1. The average Bonchev–Trinajstić information content (AvgIpc) is 3.22. The van der Waals surface area contributed by atoms with E-state index in [0.717, 1.165) is 0 Å². The fraction of sp³-hybridized carbons (Fsp3) is 0.389. The Morgan fingerprint density at radius 2 is 2.00 bits per heavy atom. The van der Waals surface area contributed by atoms with Crippen molar-refractivity contribution in [3.63, 3.8) is 0 Å². The number of rotatable bonds is 5. The lowest BCUT2D eigenvalue weighted by Gasteiger charge is -2.35. The number of carbonyl (C=O) groups excluding carboxylic acids is 2. The molecule has 1 aliphatic heterocycles. The first-order chi connectivity index (χ1) is 12.6. The number of aliphatic hydroxyl groups is 1. The molecule has 0 aromatic carbocycles. The number of piperazine rings is 1. The van der Waals surface area contributed by atoms with E-state index in [0.29, 0.717) is 43.3 Å².